The fourth-order valence-corrected chi connectivity index (χ4v) is 3.70. The van der Waals surface area contributed by atoms with E-state index in [0.717, 1.165) is 12.0 Å². The molecule has 1 aromatic rings. The van der Waals surface area contributed by atoms with Crippen molar-refractivity contribution in [1.29, 1.82) is 0 Å². The van der Waals surface area contributed by atoms with Crippen LogP contribution in [0.5, 0.6) is 0 Å². The van der Waals surface area contributed by atoms with Crippen LogP contribution in [0.3, 0.4) is 0 Å². The minimum absolute atomic E-state index is 0.356. The summed E-state index contributed by atoms with van der Waals surface area (Å²) < 4.78 is 0. The summed E-state index contributed by atoms with van der Waals surface area (Å²) >= 11 is 0. The fraction of sp³-hybridized carbons (Fsp3) is 0.533. The molecule has 0 heterocycles. The van der Waals surface area contributed by atoms with Gasteiger partial charge >= 0.3 is 0 Å². The van der Waals surface area contributed by atoms with Crippen molar-refractivity contribution in [3.63, 3.8) is 0 Å². The van der Waals surface area contributed by atoms with Gasteiger partial charge in [0.15, 0.2) is 5.78 Å². The standard InChI is InChI=1S/C15H18O/c1-15(2)8-10-7-14(16)12-6-4-3-5-11(12)13(10)9-15/h3-6,10,13H,7-9H2,1-2H3/t10-,13-/m0/s1. The van der Waals surface area contributed by atoms with Crippen LogP contribution in [0.2, 0.25) is 0 Å². The summed E-state index contributed by atoms with van der Waals surface area (Å²) in [7, 11) is 0. The number of benzene rings is 1. The molecule has 0 radical (unpaired) electrons. The second-order valence-corrected chi connectivity index (χ2v) is 6.15. The van der Waals surface area contributed by atoms with Gasteiger partial charge < -0.3 is 0 Å². The molecular weight excluding hydrogens is 196 g/mol. The van der Waals surface area contributed by atoms with Gasteiger partial charge in [-0.2, -0.15) is 0 Å². The molecule has 0 aromatic heterocycles. The number of carbonyl (C=O) groups is 1. The molecule has 0 aliphatic heterocycles. The Labute approximate surface area is 96.9 Å². The van der Waals surface area contributed by atoms with Crippen LogP contribution in [0.15, 0.2) is 24.3 Å². The number of fused-ring (bicyclic) bond motifs is 3. The summed E-state index contributed by atoms with van der Waals surface area (Å²) in [5, 5.41) is 0. The van der Waals surface area contributed by atoms with Gasteiger partial charge in [-0.3, -0.25) is 4.79 Å². The van der Waals surface area contributed by atoms with Crippen molar-refractivity contribution < 1.29 is 4.79 Å². The minimum Gasteiger partial charge on any atom is -0.294 e. The van der Waals surface area contributed by atoms with Crippen LogP contribution in [0.4, 0.5) is 0 Å². The van der Waals surface area contributed by atoms with E-state index in [2.05, 4.69) is 26.0 Å². The van der Waals surface area contributed by atoms with Crippen molar-refractivity contribution in [2.24, 2.45) is 11.3 Å². The topological polar surface area (TPSA) is 17.1 Å². The number of Topliss-reactive ketones (excluding diaryl/α,β-unsaturated/α-hetero) is 1. The van der Waals surface area contributed by atoms with Gasteiger partial charge in [-0.1, -0.05) is 38.1 Å². The van der Waals surface area contributed by atoms with E-state index in [4.69, 9.17) is 0 Å². The SMILES string of the molecule is CC1(C)C[C@@H]2CC(=O)c3ccccc3[C@H]2C1. The van der Waals surface area contributed by atoms with Gasteiger partial charge in [0.25, 0.3) is 0 Å². The quantitative estimate of drug-likeness (QED) is 0.642. The van der Waals surface area contributed by atoms with Gasteiger partial charge in [0.2, 0.25) is 0 Å². The van der Waals surface area contributed by atoms with Crippen LogP contribution in [0.25, 0.3) is 0 Å². The molecule has 1 saturated carbocycles. The second-order valence-electron chi connectivity index (χ2n) is 6.15. The summed E-state index contributed by atoms with van der Waals surface area (Å²) in [6.07, 6.45) is 3.21. The lowest BCUT2D eigenvalue weighted by Gasteiger charge is -2.26. The molecule has 2 aliphatic carbocycles. The van der Waals surface area contributed by atoms with E-state index in [1.165, 1.54) is 18.4 Å². The predicted molar refractivity (Wildman–Crippen MR) is 64.6 cm³/mol. The summed E-state index contributed by atoms with van der Waals surface area (Å²) in [5.41, 5.74) is 2.71. The number of hydrogen-bond donors (Lipinski definition) is 0. The molecule has 3 rings (SSSR count). The van der Waals surface area contributed by atoms with Crippen molar-refractivity contribution >= 4 is 5.78 Å². The Kier molecular flexibility index (Phi) is 2.01. The molecule has 0 spiro atoms. The van der Waals surface area contributed by atoms with Crippen molar-refractivity contribution in [3.8, 4) is 0 Å². The molecular formula is C15H18O. The highest BCUT2D eigenvalue weighted by molar-refractivity contribution is 5.99. The van der Waals surface area contributed by atoms with E-state index in [1.54, 1.807) is 0 Å². The third-order valence-corrected chi connectivity index (χ3v) is 4.26. The first kappa shape index (κ1) is 10.1. The van der Waals surface area contributed by atoms with Crippen LogP contribution in [-0.4, -0.2) is 5.78 Å². The molecule has 1 aromatic carbocycles. The largest absolute Gasteiger partial charge is 0.294 e. The highest BCUT2D eigenvalue weighted by Crippen LogP contribution is 2.54. The minimum atomic E-state index is 0.356. The van der Waals surface area contributed by atoms with Crippen molar-refractivity contribution in [3.05, 3.63) is 35.4 Å². The maximum Gasteiger partial charge on any atom is 0.163 e. The second kappa shape index (κ2) is 3.19. The lowest BCUT2D eigenvalue weighted by Crippen LogP contribution is -2.21. The van der Waals surface area contributed by atoms with Crippen LogP contribution in [-0.2, 0) is 0 Å². The van der Waals surface area contributed by atoms with Crippen LogP contribution in [0, 0.1) is 11.3 Å². The Morgan fingerprint density at radius 3 is 2.75 bits per heavy atom. The van der Waals surface area contributed by atoms with Crippen molar-refractivity contribution in [2.75, 3.05) is 0 Å². The van der Waals surface area contributed by atoms with Gasteiger partial charge in [0, 0.05) is 12.0 Å². The van der Waals surface area contributed by atoms with Crippen molar-refractivity contribution in [2.45, 2.75) is 39.0 Å². The average molecular weight is 214 g/mol. The fourth-order valence-electron chi connectivity index (χ4n) is 3.70. The summed E-state index contributed by atoms with van der Waals surface area (Å²) in [6.45, 7) is 4.66. The number of rotatable bonds is 0. The Morgan fingerprint density at radius 1 is 1.19 bits per heavy atom. The smallest absolute Gasteiger partial charge is 0.163 e. The van der Waals surface area contributed by atoms with E-state index in [9.17, 15) is 4.79 Å². The highest BCUT2D eigenvalue weighted by Gasteiger charge is 2.44. The van der Waals surface area contributed by atoms with E-state index in [1.807, 2.05) is 12.1 Å². The molecule has 0 saturated heterocycles. The third-order valence-electron chi connectivity index (χ3n) is 4.26. The van der Waals surface area contributed by atoms with Crippen molar-refractivity contribution in [1.82, 2.24) is 0 Å². The van der Waals surface area contributed by atoms with Crippen LogP contribution < -0.4 is 0 Å². The molecule has 0 bridgehead atoms. The normalized spacial score (nSPS) is 31.0. The maximum atomic E-state index is 12.0. The van der Waals surface area contributed by atoms with E-state index < -0.39 is 0 Å². The molecule has 16 heavy (non-hydrogen) atoms. The zero-order valence-electron chi connectivity index (χ0n) is 9.99. The Balaban J connectivity index is 2.08. The monoisotopic (exact) mass is 214 g/mol. The lowest BCUT2D eigenvalue weighted by atomic mass is 9.76. The van der Waals surface area contributed by atoms with Gasteiger partial charge in [-0.05, 0) is 35.7 Å². The molecule has 1 fully saturated rings. The molecule has 0 amide bonds. The summed E-state index contributed by atoms with van der Waals surface area (Å²) in [4.78, 5) is 12.0. The van der Waals surface area contributed by atoms with E-state index >= 15 is 0 Å². The average Bonchev–Trinajstić information content (AvgIpc) is 2.53. The van der Waals surface area contributed by atoms with Crippen LogP contribution >= 0.6 is 0 Å². The Morgan fingerprint density at radius 2 is 1.94 bits per heavy atom. The zero-order valence-corrected chi connectivity index (χ0v) is 9.99. The number of hydrogen-bond acceptors (Lipinski definition) is 1. The van der Waals surface area contributed by atoms with Gasteiger partial charge in [-0.25, -0.2) is 0 Å². The Hall–Kier alpha value is -1.11. The predicted octanol–water partition coefficient (Wildman–Crippen LogP) is 3.79. The molecule has 0 N–H and O–H groups in total. The highest BCUT2D eigenvalue weighted by atomic mass is 16.1. The third kappa shape index (κ3) is 1.41. The van der Waals surface area contributed by atoms with Crippen LogP contribution in [0.1, 0.15) is 54.9 Å². The molecule has 84 valence electrons. The number of carbonyl (C=O) groups excluding carboxylic acids is 1. The van der Waals surface area contributed by atoms with Gasteiger partial charge in [-0.15, -0.1) is 0 Å². The molecule has 1 nitrogen and oxygen atoms in total. The first-order chi connectivity index (χ1) is 7.57. The number of ketones is 1. The summed E-state index contributed by atoms with van der Waals surface area (Å²) in [6, 6.07) is 8.21. The summed E-state index contributed by atoms with van der Waals surface area (Å²) in [5.74, 6) is 1.58. The molecule has 0 unspecified atom stereocenters. The lowest BCUT2D eigenvalue weighted by molar-refractivity contribution is 0.0942. The first-order valence-corrected chi connectivity index (χ1v) is 6.19. The van der Waals surface area contributed by atoms with Gasteiger partial charge in [0.05, 0.1) is 0 Å². The van der Waals surface area contributed by atoms with E-state index in [-0.39, 0.29) is 0 Å². The van der Waals surface area contributed by atoms with E-state index in [0.29, 0.717) is 23.0 Å². The Bertz CT molecular complexity index is 445. The zero-order chi connectivity index (χ0) is 11.3. The first-order valence-electron chi connectivity index (χ1n) is 6.19. The molecule has 1 heteroatoms. The molecule has 2 atom stereocenters. The van der Waals surface area contributed by atoms with Gasteiger partial charge in [0.1, 0.15) is 0 Å². The molecule has 2 aliphatic rings. The maximum absolute atomic E-state index is 12.0.